The molecule has 0 saturated carbocycles. The van der Waals surface area contributed by atoms with Gasteiger partial charge in [-0.15, -0.1) is 0 Å². The van der Waals surface area contributed by atoms with Gasteiger partial charge < -0.3 is 19.9 Å². The lowest BCUT2D eigenvalue weighted by Gasteiger charge is -2.32. The number of ether oxygens (including phenoxy) is 1. The number of nitrogens with zero attached hydrogens (tertiary/aromatic N) is 4. The fourth-order valence-corrected chi connectivity index (χ4v) is 4.02. The summed E-state index contributed by atoms with van der Waals surface area (Å²) < 4.78 is 5.62. The summed E-state index contributed by atoms with van der Waals surface area (Å²) in [5, 5.41) is 3.49. The molecule has 0 bridgehead atoms. The maximum absolute atomic E-state index is 5.62. The smallest absolute Gasteiger partial charge is 0.194 e. The Morgan fingerprint density at radius 2 is 2.07 bits per heavy atom. The Morgan fingerprint density at radius 3 is 2.73 bits per heavy atom. The Morgan fingerprint density at radius 1 is 1.20 bits per heavy atom. The first-order valence-electron chi connectivity index (χ1n) is 10.7. The van der Waals surface area contributed by atoms with Crippen molar-refractivity contribution in [2.24, 2.45) is 4.99 Å². The van der Waals surface area contributed by atoms with Gasteiger partial charge in [-0.2, -0.15) is 0 Å². The van der Waals surface area contributed by atoms with E-state index in [0.29, 0.717) is 6.54 Å². The van der Waals surface area contributed by atoms with Crippen LogP contribution in [0, 0.1) is 0 Å². The zero-order chi connectivity index (χ0) is 20.8. The van der Waals surface area contributed by atoms with Crippen LogP contribution in [0.3, 0.4) is 0 Å². The van der Waals surface area contributed by atoms with Crippen molar-refractivity contribution < 1.29 is 4.74 Å². The second-order valence-electron chi connectivity index (χ2n) is 7.84. The van der Waals surface area contributed by atoms with Crippen molar-refractivity contribution in [3.8, 4) is 0 Å². The van der Waals surface area contributed by atoms with Crippen molar-refractivity contribution in [1.82, 2.24) is 15.2 Å². The lowest BCUT2D eigenvalue weighted by molar-refractivity contribution is 0.0529. The Kier molecular flexibility index (Phi) is 6.64. The van der Waals surface area contributed by atoms with Crippen LogP contribution in [-0.2, 0) is 11.3 Å². The topological polar surface area (TPSA) is 53.0 Å². The fourth-order valence-electron chi connectivity index (χ4n) is 4.02. The van der Waals surface area contributed by atoms with E-state index >= 15 is 0 Å². The second-order valence-corrected chi connectivity index (χ2v) is 7.84. The minimum absolute atomic E-state index is 0.256. The standard InChI is InChI=1S/C24H31N5O/c1-19-18-29(14-15-30-19)23-9-8-20(16-26-23)17-27-24(25-2)28-12-10-22(11-13-28)21-6-4-3-5-7-21/h3-10,16,19H,11-15,17-18H2,1-2H3,(H,25,27). The van der Waals surface area contributed by atoms with Gasteiger partial charge in [-0.3, -0.25) is 4.99 Å². The van der Waals surface area contributed by atoms with Gasteiger partial charge in [0.1, 0.15) is 5.82 Å². The zero-order valence-electron chi connectivity index (χ0n) is 17.9. The Hall–Kier alpha value is -2.86. The number of benzene rings is 1. The number of hydrogen-bond donors (Lipinski definition) is 1. The molecule has 0 radical (unpaired) electrons. The summed E-state index contributed by atoms with van der Waals surface area (Å²) in [6.07, 6.45) is 5.55. The first-order chi connectivity index (χ1) is 14.7. The fraction of sp³-hybridized carbons (Fsp3) is 0.417. The highest BCUT2D eigenvalue weighted by Gasteiger charge is 2.18. The van der Waals surface area contributed by atoms with Gasteiger partial charge in [-0.05, 0) is 36.1 Å². The first kappa shape index (κ1) is 20.4. The van der Waals surface area contributed by atoms with E-state index in [1.807, 2.05) is 13.2 Å². The SMILES string of the molecule is CN=C(NCc1ccc(N2CCOC(C)C2)nc1)N1CC=C(c2ccccc2)CC1. The molecule has 0 amide bonds. The van der Waals surface area contributed by atoms with Crippen molar-refractivity contribution in [3.63, 3.8) is 0 Å². The summed E-state index contributed by atoms with van der Waals surface area (Å²) in [5.41, 5.74) is 3.89. The summed E-state index contributed by atoms with van der Waals surface area (Å²) >= 11 is 0. The average Bonchev–Trinajstić information content (AvgIpc) is 2.81. The van der Waals surface area contributed by atoms with Gasteiger partial charge >= 0.3 is 0 Å². The predicted octanol–water partition coefficient (Wildman–Crippen LogP) is 3.17. The van der Waals surface area contributed by atoms with E-state index in [9.17, 15) is 0 Å². The summed E-state index contributed by atoms with van der Waals surface area (Å²) in [5.74, 6) is 1.96. The molecule has 1 saturated heterocycles. The monoisotopic (exact) mass is 405 g/mol. The van der Waals surface area contributed by atoms with Crippen molar-refractivity contribution in [1.29, 1.82) is 0 Å². The van der Waals surface area contributed by atoms with Crippen molar-refractivity contribution >= 4 is 17.4 Å². The van der Waals surface area contributed by atoms with Crippen LogP contribution in [0.2, 0.25) is 0 Å². The third-order valence-corrected chi connectivity index (χ3v) is 5.69. The van der Waals surface area contributed by atoms with Crippen LogP contribution in [0.25, 0.3) is 5.57 Å². The van der Waals surface area contributed by atoms with Crippen LogP contribution in [0.5, 0.6) is 0 Å². The van der Waals surface area contributed by atoms with E-state index in [2.05, 4.69) is 80.6 Å². The molecular weight excluding hydrogens is 374 g/mol. The Bertz CT molecular complexity index is 878. The molecule has 2 aliphatic rings. The van der Waals surface area contributed by atoms with Crippen LogP contribution in [0.15, 0.2) is 59.7 Å². The highest BCUT2D eigenvalue weighted by molar-refractivity contribution is 5.81. The van der Waals surface area contributed by atoms with Gasteiger partial charge in [0, 0.05) is 46.0 Å². The van der Waals surface area contributed by atoms with Crippen LogP contribution in [0.1, 0.15) is 24.5 Å². The number of nitrogens with one attached hydrogen (secondary N) is 1. The third kappa shape index (κ3) is 5.00. The van der Waals surface area contributed by atoms with Crippen molar-refractivity contribution in [2.45, 2.75) is 26.0 Å². The lowest BCUT2D eigenvalue weighted by Crippen LogP contribution is -2.43. The normalized spacial score (nSPS) is 20.1. The highest BCUT2D eigenvalue weighted by Crippen LogP contribution is 2.22. The van der Waals surface area contributed by atoms with Gasteiger partial charge in [0.25, 0.3) is 0 Å². The summed E-state index contributed by atoms with van der Waals surface area (Å²) in [6.45, 7) is 7.21. The van der Waals surface area contributed by atoms with Crippen molar-refractivity contribution in [3.05, 3.63) is 65.9 Å². The molecule has 4 rings (SSSR count). The molecule has 2 aliphatic heterocycles. The van der Waals surface area contributed by atoms with Crippen molar-refractivity contribution in [2.75, 3.05) is 44.7 Å². The lowest BCUT2D eigenvalue weighted by atomic mass is 10.00. The maximum atomic E-state index is 5.62. The third-order valence-electron chi connectivity index (χ3n) is 5.69. The Labute approximate surface area is 179 Å². The van der Waals surface area contributed by atoms with Gasteiger partial charge in [0.2, 0.25) is 0 Å². The number of morpholine rings is 1. The minimum atomic E-state index is 0.256. The van der Waals surface area contributed by atoms with Crippen LogP contribution in [-0.4, -0.2) is 61.8 Å². The molecule has 0 spiro atoms. The van der Waals surface area contributed by atoms with E-state index in [1.165, 1.54) is 11.1 Å². The summed E-state index contributed by atoms with van der Waals surface area (Å²) in [6, 6.07) is 14.9. The number of hydrogen-bond acceptors (Lipinski definition) is 4. The predicted molar refractivity (Wildman–Crippen MR) is 123 cm³/mol. The van der Waals surface area contributed by atoms with Gasteiger partial charge in [-0.25, -0.2) is 4.98 Å². The Balaban J connectivity index is 1.31. The van der Waals surface area contributed by atoms with Crippen LogP contribution in [0.4, 0.5) is 5.82 Å². The second kappa shape index (κ2) is 9.76. The molecule has 1 aromatic heterocycles. The quantitative estimate of drug-likeness (QED) is 0.626. The maximum Gasteiger partial charge on any atom is 0.194 e. The van der Waals surface area contributed by atoms with E-state index < -0.39 is 0 Å². The van der Waals surface area contributed by atoms with Crippen LogP contribution >= 0.6 is 0 Å². The number of aromatic nitrogens is 1. The largest absolute Gasteiger partial charge is 0.375 e. The highest BCUT2D eigenvalue weighted by atomic mass is 16.5. The molecule has 0 aliphatic carbocycles. The molecule has 3 heterocycles. The van der Waals surface area contributed by atoms with E-state index in [-0.39, 0.29) is 6.10 Å². The molecule has 1 N–H and O–H groups in total. The molecule has 1 unspecified atom stereocenters. The molecule has 1 aromatic carbocycles. The van der Waals surface area contributed by atoms with E-state index in [0.717, 1.165) is 56.5 Å². The first-order valence-corrected chi connectivity index (χ1v) is 10.7. The number of pyridine rings is 1. The molecule has 1 fully saturated rings. The number of rotatable bonds is 4. The number of guanidine groups is 1. The molecule has 6 heteroatoms. The van der Waals surface area contributed by atoms with Gasteiger partial charge in [0.05, 0.1) is 12.7 Å². The molecule has 1 atom stereocenters. The summed E-state index contributed by atoms with van der Waals surface area (Å²) in [7, 11) is 1.85. The van der Waals surface area contributed by atoms with E-state index in [1.54, 1.807) is 0 Å². The van der Waals surface area contributed by atoms with Gasteiger partial charge in [0.15, 0.2) is 5.96 Å². The zero-order valence-corrected chi connectivity index (χ0v) is 17.9. The molecule has 6 nitrogen and oxygen atoms in total. The minimum Gasteiger partial charge on any atom is -0.375 e. The summed E-state index contributed by atoms with van der Waals surface area (Å²) in [4.78, 5) is 13.7. The van der Waals surface area contributed by atoms with Crippen LogP contribution < -0.4 is 10.2 Å². The molecule has 2 aromatic rings. The molecular formula is C24H31N5O. The number of anilines is 1. The average molecular weight is 406 g/mol. The van der Waals surface area contributed by atoms with Gasteiger partial charge in [-0.1, -0.05) is 42.5 Å². The number of aliphatic imine (C=N–C) groups is 1. The molecule has 158 valence electrons. The molecule has 30 heavy (non-hydrogen) atoms. The van der Waals surface area contributed by atoms with E-state index in [4.69, 9.17) is 4.74 Å².